The molecule has 2 aromatic heterocycles. The van der Waals surface area contributed by atoms with Gasteiger partial charge in [-0.2, -0.15) is 5.10 Å². The van der Waals surface area contributed by atoms with Gasteiger partial charge in [0.2, 0.25) is 5.88 Å². The summed E-state index contributed by atoms with van der Waals surface area (Å²) in [5.74, 6) is 1.01. The van der Waals surface area contributed by atoms with Crippen LogP contribution < -0.4 is 15.4 Å². The number of piperidine rings is 1. The Balaban J connectivity index is 1.44. The lowest BCUT2D eigenvalue weighted by molar-refractivity contribution is 0.0870. The van der Waals surface area contributed by atoms with E-state index in [1.165, 1.54) is 4.90 Å². The van der Waals surface area contributed by atoms with Gasteiger partial charge in [0.25, 0.3) is 0 Å². The third-order valence-corrected chi connectivity index (χ3v) is 6.31. The van der Waals surface area contributed by atoms with Gasteiger partial charge in [0.15, 0.2) is 0 Å². The van der Waals surface area contributed by atoms with Crippen molar-refractivity contribution in [2.45, 2.75) is 59.0 Å². The molecule has 3 heterocycles. The van der Waals surface area contributed by atoms with Crippen molar-refractivity contribution in [2.24, 2.45) is 0 Å². The number of likely N-dealkylation sites (tertiary alicyclic amines) is 1. The smallest absolute Gasteiger partial charge is 0.407 e. The van der Waals surface area contributed by atoms with E-state index in [0.717, 1.165) is 16.9 Å². The van der Waals surface area contributed by atoms with Gasteiger partial charge >= 0.3 is 12.1 Å². The average Bonchev–Trinajstić information content (AvgIpc) is 3.26. The van der Waals surface area contributed by atoms with Crippen molar-refractivity contribution in [3.63, 3.8) is 0 Å². The number of ether oxygens (including phenoxy) is 1. The summed E-state index contributed by atoms with van der Waals surface area (Å²) < 4.78 is 7.69. The molecule has 0 unspecified atom stereocenters. The van der Waals surface area contributed by atoms with Crippen LogP contribution >= 0.6 is 0 Å². The summed E-state index contributed by atoms with van der Waals surface area (Å²) >= 11 is 0. The van der Waals surface area contributed by atoms with E-state index in [4.69, 9.17) is 14.9 Å². The number of aromatic nitrogens is 3. The Morgan fingerprint density at radius 3 is 2.30 bits per heavy atom. The second kappa shape index (κ2) is 10.5. The molecule has 1 aromatic carbocycles. The number of carbonyl (C=O) groups excluding carboxylic acids is 1. The Hall–Kier alpha value is -4.08. The minimum Gasteiger partial charge on any atom is -0.474 e. The Bertz CT molecular complexity index is 1270. The highest BCUT2D eigenvalue weighted by Gasteiger charge is 2.24. The van der Waals surface area contributed by atoms with Crippen LogP contribution in [-0.4, -0.2) is 56.1 Å². The van der Waals surface area contributed by atoms with Gasteiger partial charge in [0.1, 0.15) is 11.9 Å². The van der Waals surface area contributed by atoms with E-state index < -0.39 is 12.1 Å². The predicted octanol–water partition coefficient (Wildman–Crippen LogP) is 5.35. The molecule has 4 rings (SSSR count). The molecule has 10 nitrogen and oxygen atoms in total. The van der Waals surface area contributed by atoms with E-state index in [0.29, 0.717) is 49.0 Å². The first-order chi connectivity index (χ1) is 17.5. The highest BCUT2D eigenvalue weighted by Crippen LogP contribution is 2.27. The number of rotatable bonds is 5. The maximum Gasteiger partial charge on any atom is 0.407 e. The number of carbonyl (C=O) groups is 2. The third kappa shape index (κ3) is 6.38. The first kappa shape index (κ1) is 26.0. The summed E-state index contributed by atoms with van der Waals surface area (Å²) in [6.45, 7) is 10.9. The summed E-state index contributed by atoms with van der Waals surface area (Å²) in [7, 11) is 0. The van der Waals surface area contributed by atoms with Gasteiger partial charge in [0, 0.05) is 43.5 Å². The van der Waals surface area contributed by atoms with E-state index in [-0.39, 0.29) is 11.5 Å². The Morgan fingerprint density at radius 2 is 1.70 bits per heavy atom. The predicted molar refractivity (Wildman–Crippen MR) is 142 cm³/mol. The molecule has 0 atom stereocenters. The van der Waals surface area contributed by atoms with Gasteiger partial charge in [-0.05, 0) is 32.0 Å². The van der Waals surface area contributed by atoms with Crippen LogP contribution in [0.25, 0.3) is 5.69 Å². The van der Waals surface area contributed by atoms with Crippen LogP contribution in [0, 0.1) is 13.8 Å². The summed E-state index contributed by atoms with van der Waals surface area (Å²) in [5, 5.41) is 19.6. The summed E-state index contributed by atoms with van der Waals surface area (Å²) in [4.78, 5) is 29.9. The summed E-state index contributed by atoms with van der Waals surface area (Å²) in [6.07, 6.45) is 0.225. The van der Waals surface area contributed by atoms with E-state index in [2.05, 4.69) is 36.4 Å². The number of urea groups is 1. The summed E-state index contributed by atoms with van der Waals surface area (Å²) in [5.41, 5.74) is 3.83. The van der Waals surface area contributed by atoms with Gasteiger partial charge < -0.3 is 20.1 Å². The number of anilines is 2. The molecule has 10 heteroatoms. The molecule has 0 radical (unpaired) electrons. The largest absolute Gasteiger partial charge is 0.474 e. The number of pyridine rings is 1. The molecule has 0 aliphatic carbocycles. The van der Waals surface area contributed by atoms with Gasteiger partial charge in [-0.25, -0.2) is 19.3 Å². The second-order valence-corrected chi connectivity index (χ2v) is 10.4. The maximum absolute atomic E-state index is 12.9. The van der Waals surface area contributed by atoms with E-state index >= 15 is 0 Å². The Morgan fingerprint density at radius 1 is 1.03 bits per heavy atom. The molecule has 1 aliphatic rings. The molecular weight excluding hydrogens is 472 g/mol. The molecule has 3 amide bonds. The van der Waals surface area contributed by atoms with E-state index in [1.54, 1.807) is 23.7 Å². The highest BCUT2D eigenvalue weighted by molar-refractivity contribution is 5.99. The number of nitrogens with zero attached hydrogens (tertiary/aromatic N) is 4. The lowest BCUT2D eigenvalue weighted by Crippen LogP contribution is -2.41. The van der Waals surface area contributed by atoms with Crippen molar-refractivity contribution in [3.05, 3.63) is 59.4 Å². The fourth-order valence-electron chi connectivity index (χ4n) is 4.06. The quantitative estimate of drug-likeness (QED) is 0.429. The van der Waals surface area contributed by atoms with Crippen molar-refractivity contribution in [1.82, 2.24) is 19.7 Å². The topological polar surface area (TPSA) is 122 Å². The second-order valence-electron chi connectivity index (χ2n) is 10.4. The number of benzene rings is 1. The highest BCUT2D eigenvalue weighted by atomic mass is 16.5. The van der Waals surface area contributed by atoms with Gasteiger partial charge in [-0.15, -0.1) is 0 Å². The zero-order valence-electron chi connectivity index (χ0n) is 21.9. The van der Waals surface area contributed by atoms with E-state index in [9.17, 15) is 9.59 Å². The molecule has 0 saturated carbocycles. The Kier molecular flexibility index (Phi) is 7.37. The fourth-order valence-corrected chi connectivity index (χ4v) is 4.06. The SMILES string of the molecule is Cc1ccc(-n2nc(C(C)(C)C)cc2NC(=O)Nc2ccc(OC3CCN(C(=O)O)CC3)nc2C)cc1. The monoisotopic (exact) mass is 506 g/mol. The molecule has 3 N–H and O–H groups in total. The minimum atomic E-state index is -0.905. The van der Waals surface area contributed by atoms with Gasteiger partial charge in [-0.3, -0.25) is 5.32 Å². The van der Waals surface area contributed by atoms with Crippen LogP contribution in [0.1, 0.15) is 50.6 Å². The number of aryl methyl sites for hydroxylation is 2. The zero-order chi connectivity index (χ0) is 26.7. The first-order valence-electron chi connectivity index (χ1n) is 12.4. The molecule has 0 spiro atoms. The zero-order valence-corrected chi connectivity index (χ0v) is 21.9. The number of hydrogen-bond donors (Lipinski definition) is 3. The van der Waals surface area contributed by atoms with Crippen LogP contribution in [0.15, 0.2) is 42.5 Å². The van der Waals surface area contributed by atoms with Crippen LogP contribution in [-0.2, 0) is 5.41 Å². The maximum atomic E-state index is 12.9. The standard InChI is InChI=1S/C27H34N6O4/c1-17-6-8-19(9-7-17)33-23(16-22(31-33)27(3,4)5)30-25(34)29-21-10-11-24(28-18(21)2)37-20-12-14-32(15-13-20)26(35)36/h6-11,16,20H,12-15H2,1-5H3,(H,35,36)(H2,29,30,34). The molecule has 1 aliphatic heterocycles. The van der Waals surface area contributed by atoms with Crippen molar-refractivity contribution in [1.29, 1.82) is 0 Å². The average molecular weight is 507 g/mol. The molecule has 1 fully saturated rings. The molecule has 3 aromatic rings. The van der Waals surface area contributed by atoms with Crippen LogP contribution in [0.2, 0.25) is 0 Å². The number of carboxylic acid groups (broad SMARTS) is 1. The molecule has 1 saturated heterocycles. The van der Waals surface area contributed by atoms with Crippen LogP contribution in [0.5, 0.6) is 5.88 Å². The van der Waals surface area contributed by atoms with Gasteiger partial charge in [-0.1, -0.05) is 38.5 Å². The lowest BCUT2D eigenvalue weighted by Gasteiger charge is -2.30. The fraction of sp³-hybridized carbons (Fsp3) is 0.407. The van der Waals surface area contributed by atoms with Crippen molar-refractivity contribution < 1.29 is 19.4 Å². The van der Waals surface area contributed by atoms with E-state index in [1.807, 2.05) is 37.3 Å². The van der Waals surface area contributed by atoms with Crippen molar-refractivity contribution in [2.75, 3.05) is 23.7 Å². The molecule has 0 bridgehead atoms. The normalized spacial score (nSPS) is 14.4. The lowest BCUT2D eigenvalue weighted by atomic mass is 9.92. The molecule has 196 valence electrons. The Labute approximate surface area is 216 Å². The molecule has 37 heavy (non-hydrogen) atoms. The molecular formula is C27H34N6O4. The van der Waals surface area contributed by atoms with Crippen LogP contribution in [0.3, 0.4) is 0 Å². The first-order valence-corrected chi connectivity index (χ1v) is 12.4. The minimum absolute atomic E-state index is 0.0938. The van der Waals surface area contributed by atoms with Crippen molar-refractivity contribution >= 4 is 23.6 Å². The van der Waals surface area contributed by atoms with Crippen molar-refractivity contribution in [3.8, 4) is 11.6 Å². The number of hydrogen-bond acceptors (Lipinski definition) is 5. The third-order valence-electron chi connectivity index (χ3n) is 6.31. The van der Waals surface area contributed by atoms with Gasteiger partial charge in [0.05, 0.1) is 22.8 Å². The summed E-state index contributed by atoms with van der Waals surface area (Å²) in [6, 6.07) is 12.9. The van der Waals surface area contributed by atoms with Crippen LogP contribution in [0.4, 0.5) is 21.1 Å². The number of nitrogens with one attached hydrogen (secondary N) is 2. The number of amides is 3.